The molecule has 2 heterocycles. The standard InChI is InChI=1S/C13H24N4O3S/c1-11(2)14-4-5-16-10-13(8-15-16)21(18,19)17-6-7-20-12(3)9-17/h8,10-12,14H,4-7,9H2,1-3H3. The Kier molecular flexibility index (Phi) is 5.37. The fourth-order valence-electron chi connectivity index (χ4n) is 2.22. The van der Waals surface area contributed by atoms with E-state index in [9.17, 15) is 8.42 Å². The highest BCUT2D eigenvalue weighted by Crippen LogP contribution is 2.18. The van der Waals surface area contributed by atoms with Crippen molar-refractivity contribution in [3.05, 3.63) is 12.4 Å². The monoisotopic (exact) mass is 316 g/mol. The van der Waals surface area contributed by atoms with Gasteiger partial charge in [-0.05, 0) is 6.92 Å². The largest absolute Gasteiger partial charge is 0.376 e. The average Bonchev–Trinajstić information content (AvgIpc) is 2.88. The Morgan fingerprint density at radius 3 is 2.95 bits per heavy atom. The molecule has 0 bridgehead atoms. The van der Waals surface area contributed by atoms with Crippen molar-refractivity contribution >= 4 is 10.0 Å². The van der Waals surface area contributed by atoms with E-state index in [4.69, 9.17) is 4.74 Å². The maximum absolute atomic E-state index is 12.5. The van der Waals surface area contributed by atoms with Crippen LogP contribution in [0.3, 0.4) is 0 Å². The Labute approximate surface area is 126 Å². The lowest BCUT2D eigenvalue weighted by atomic mass is 10.3. The van der Waals surface area contributed by atoms with Crippen LogP contribution in [0.1, 0.15) is 20.8 Å². The first-order valence-electron chi connectivity index (χ1n) is 7.27. The maximum atomic E-state index is 12.5. The number of nitrogens with zero attached hydrogens (tertiary/aromatic N) is 3. The van der Waals surface area contributed by atoms with Crippen molar-refractivity contribution < 1.29 is 13.2 Å². The van der Waals surface area contributed by atoms with Gasteiger partial charge in [0, 0.05) is 31.9 Å². The Morgan fingerprint density at radius 1 is 1.52 bits per heavy atom. The third kappa shape index (κ3) is 4.26. The zero-order chi connectivity index (χ0) is 15.5. The van der Waals surface area contributed by atoms with E-state index in [1.807, 2.05) is 6.92 Å². The summed E-state index contributed by atoms with van der Waals surface area (Å²) in [5, 5.41) is 7.41. The molecule has 1 aromatic rings. The SMILES string of the molecule is CC(C)NCCn1cc(S(=O)(=O)N2CCOC(C)C2)cn1. The van der Waals surface area contributed by atoms with E-state index < -0.39 is 10.0 Å². The summed E-state index contributed by atoms with van der Waals surface area (Å²) in [4.78, 5) is 0.251. The van der Waals surface area contributed by atoms with Crippen molar-refractivity contribution in [1.29, 1.82) is 0 Å². The third-order valence-corrected chi connectivity index (χ3v) is 5.16. The van der Waals surface area contributed by atoms with Gasteiger partial charge < -0.3 is 10.1 Å². The van der Waals surface area contributed by atoms with Crippen molar-refractivity contribution in [1.82, 2.24) is 19.4 Å². The summed E-state index contributed by atoms with van der Waals surface area (Å²) in [6.07, 6.45) is 2.95. The second kappa shape index (κ2) is 6.87. The molecular formula is C13H24N4O3S. The smallest absolute Gasteiger partial charge is 0.246 e. The van der Waals surface area contributed by atoms with Gasteiger partial charge in [-0.25, -0.2) is 8.42 Å². The van der Waals surface area contributed by atoms with E-state index in [2.05, 4.69) is 24.3 Å². The normalized spacial score (nSPS) is 21.0. The van der Waals surface area contributed by atoms with Crippen LogP contribution < -0.4 is 5.32 Å². The van der Waals surface area contributed by atoms with E-state index in [0.29, 0.717) is 32.3 Å². The summed E-state index contributed by atoms with van der Waals surface area (Å²) in [5.74, 6) is 0. The molecule has 120 valence electrons. The Bertz CT molecular complexity index is 556. The van der Waals surface area contributed by atoms with Gasteiger partial charge in [0.1, 0.15) is 4.90 Å². The third-order valence-electron chi connectivity index (χ3n) is 3.34. The van der Waals surface area contributed by atoms with Gasteiger partial charge >= 0.3 is 0 Å². The highest BCUT2D eigenvalue weighted by atomic mass is 32.2. The van der Waals surface area contributed by atoms with Crippen LogP contribution in [0.2, 0.25) is 0 Å². The Balaban J connectivity index is 2.02. The quantitative estimate of drug-likeness (QED) is 0.816. The fraction of sp³-hybridized carbons (Fsp3) is 0.769. The molecule has 1 fully saturated rings. The molecule has 1 aliphatic rings. The first kappa shape index (κ1) is 16.4. The van der Waals surface area contributed by atoms with Crippen LogP contribution in [-0.4, -0.2) is 60.9 Å². The minimum atomic E-state index is -3.47. The molecule has 1 aliphatic heterocycles. The maximum Gasteiger partial charge on any atom is 0.246 e. The van der Waals surface area contributed by atoms with Gasteiger partial charge in [0.15, 0.2) is 0 Å². The Hall–Kier alpha value is -0.960. The van der Waals surface area contributed by atoms with E-state index in [1.54, 1.807) is 10.9 Å². The molecule has 1 atom stereocenters. The number of aromatic nitrogens is 2. The van der Waals surface area contributed by atoms with E-state index >= 15 is 0 Å². The number of hydrogen-bond acceptors (Lipinski definition) is 5. The van der Waals surface area contributed by atoms with Crippen molar-refractivity contribution in [2.45, 2.75) is 44.4 Å². The lowest BCUT2D eigenvalue weighted by molar-refractivity contribution is 0.0102. The molecular weight excluding hydrogens is 292 g/mol. The summed E-state index contributed by atoms with van der Waals surface area (Å²) in [7, 11) is -3.47. The van der Waals surface area contributed by atoms with Crippen LogP contribution in [-0.2, 0) is 21.3 Å². The lowest BCUT2D eigenvalue weighted by Gasteiger charge is -2.29. The summed E-state index contributed by atoms with van der Waals surface area (Å²) in [6, 6.07) is 0.401. The van der Waals surface area contributed by atoms with Crippen LogP contribution in [0, 0.1) is 0 Å². The van der Waals surface area contributed by atoms with Crippen molar-refractivity contribution in [3.63, 3.8) is 0 Å². The molecule has 1 saturated heterocycles. The highest BCUT2D eigenvalue weighted by Gasteiger charge is 2.30. The summed E-state index contributed by atoms with van der Waals surface area (Å²) in [5.41, 5.74) is 0. The van der Waals surface area contributed by atoms with Crippen LogP contribution in [0.25, 0.3) is 0 Å². The van der Waals surface area contributed by atoms with Crippen LogP contribution in [0.15, 0.2) is 17.3 Å². The molecule has 7 nitrogen and oxygen atoms in total. The number of rotatable bonds is 6. The van der Waals surface area contributed by atoms with Crippen molar-refractivity contribution in [2.24, 2.45) is 0 Å². The average molecular weight is 316 g/mol. The second-order valence-corrected chi connectivity index (χ2v) is 7.53. The minimum Gasteiger partial charge on any atom is -0.376 e. The van der Waals surface area contributed by atoms with Gasteiger partial charge in [-0.1, -0.05) is 13.8 Å². The molecule has 0 aromatic carbocycles. The molecule has 0 radical (unpaired) electrons. The molecule has 0 amide bonds. The first-order valence-corrected chi connectivity index (χ1v) is 8.71. The van der Waals surface area contributed by atoms with Gasteiger partial charge in [0.2, 0.25) is 10.0 Å². The molecule has 8 heteroatoms. The molecule has 0 saturated carbocycles. The Morgan fingerprint density at radius 2 is 2.29 bits per heavy atom. The van der Waals surface area contributed by atoms with E-state index in [0.717, 1.165) is 6.54 Å². The molecule has 1 aromatic heterocycles. The molecule has 0 spiro atoms. The first-order chi connectivity index (χ1) is 9.89. The minimum absolute atomic E-state index is 0.0705. The number of hydrogen-bond donors (Lipinski definition) is 1. The zero-order valence-corrected chi connectivity index (χ0v) is 13.6. The molecule has 2 rings (SSSR count). The van der Waals surface area contributed by atoms with Crippen molar-refractivity contribution in [2.75, 3.05) is 26.2 Å². The van der Waals surface area contributed by atoms with Crippen LogP contribution >= 0.6 is 0 Å². The fourth-order valence-corrected chi connectivity index (χ4v) is 3.68. The molecule has 0 aliphatic carbocycles. The topological polar surface area (TPSA) is 76.5 Å². The summed E-state index contributed by atoms with van der Waals surface area (Å²) in [6.45, 7) is 8.64. The van der Waals surface area contributed by atoms with Crippen LogP contribution in [0.4, 0.5) is 0 Å². The van der Waals surface area contributed by atoms with Gasteiger partial charge in [-0.2, -0.15) is 9.40 Å². The number of sulfonamides is 1. The van der Waals surface area contributed by atoms with Gasteiger partial charge in [0.05, 0.1) is 25.5 Å². The molecule has 1 unspecified atom stereocenters. The summed E-state index contributed by atoms with van der Waals surface area (Å²) < 4.78 is 33.6. The van der Waals surface area contributed by atoms with E-state index in [1.165, 1.54) is 10.5 Å². The van der Waals surface area contributed by atoms with Gasteiger partial charge in [-0.15, -0.1) is 0 Å². The highest BCUT2D eigenvalue weighted by molar-refractivity contribution is 7.89. The van der Waals surface area contributed by atoms with Crippen molar-refractivity contribution in [3.8, 4) is 0 Å². The van der Waals surface area contributed by atoms with Crippen LogP contribution in [0.5, 0.6) is 0 Å². The lowest BCUT2D eigenvalue weighted by Crippen LogP contribution is -2.44. The summed E-state index contributed by atoms with van der Waals surface area (Å²) >= 11 is 0. The number of nitrogens with one attached hydrogen (secondary N) is 1. The zero-order valence-electron chi connectivity index (χ0n) is 12.8. The number of ether oxygens (including phenoxy) is 1. The predicted octanol–water partition coefficient (Wildman–Crippen LogP) is 0.291. The van der Waals surface area contributed by atoms with Gasteiger partial charge in [0.25, 0.3) is 0 Å². The molecule has 21 heavy (non-hydrogen) atoms. The molecule has 1 N–H and O–H groups in total. The second-order valence-electron chi connectivity index (χ2n) is 5.59. The number of morpholine rings is 1. The van der Waals surface area contributed by atoms with E-state index in [-0.39, 0.29) is 11.0 Å². The van der Waals surface area contributed by atoms with Gasteiger partial charge in [-0.3, -0.25) is 4.68 Å². The predicted molar refractivity (Wildman–Crippen MR) is 79.5 cm³/mol.